The highest BCUT2D eigenvalue weighted by Gasteiger charge is 2.07. The summed E-state index contributed by atoms with van der Waals surface area (Å²) in [6, 6.07) is 21.8. The minimum Gasteiger partial charge on any atom is -0.493 e. The lowest BCUT2D eigenvalue weighted by Gasteiger charge is -2.13. The van der Waals surface area contributed by atoms with Crippen LogP contribution in [0.15, 0.2) is 71.2 Å². The van der Waals surface area contributed by atoms with Gasteiger partial charge in [0, 0.05) is 16.7 Å². The predicted octanol–water partition coefficient (Wildman–Crippen LogP) is 6.30. The zero-order chi connectivity index (χ0) is 18.4. The quantitative estimate of drug-likeness (QED) is 0.475. The van der Waals surface area contributed by atoms with Crippen molar-refractivity contribution in [2.75, 3.05) is 12.4 Å². The van der Waals surface area contributed by atoms with Crippen LogP contribution in [0.3, 0.4) is 0 Å². The summed E-state index contributed by atoms with van der Waals surface area (Å²) >= 11 is 9.52. The van der Waals surface area contributed by atoms with Crippen LogP contribution in [0.1, 0.15) is 11.1 Å². The third kappa shape index (κ3) is 4.93. The Kier molecular flexibility index (Phi) is 6.42. The molecule has 5 heteroatoms. The molecule has 0 heterocycles. The summed E-state index contributed by atoms with van der Waals surface area (Å²) in [5.74, 6) is 1.45. The molecule has 134 valence electrons. The summed E-state index contributed by atoms with van der Waals surface area (Å²) in [5, 5.41) is 4.03. The van der Waals surface area contributed by atoms with Gasteiger partial charge in [0.05, 0.1) is 12.1 Å². The second kappa shape index (κ2) is 8.97. The molecule has 3 aromatic carbocycles. The number of hydrogen-bond donors (Lipinski definition) is 1. The molecule has 0 bridgehead atoms. The average molecular weight is 433 g/mol. The molecular formula is C21H19BrClNO2. The third-order valence-corrected chi connectivity index (χ3v) is 5.11. The lowest BCUT2D eigenvalue weighted by molar-refractivity contribution is 0.284. The monoisotopic (exact) mass is 431 g/mol. The Morgan fingerprint density at radius 2 is 1.73 bits per heavy atom. The van der Waals surface area contributed by atoms with Gasteiger partial charge >= 0.3 is 0 Å². The second-order valence-electron chi connectivity index (χ2n) is 5.74. The van der Waals surface area contributed by atoms with Crippen LogP contribution in [-0.4, -0.2) is 7.11 Å². The highest BCUT2D eigenvalue weighted by molar-refractivity contribution is 9.10. The molecule has 0 saturated heterocycles. The molecule has 0 atom stereocenters. The molecule has 0 aliphatic heterocycles. The Balaban J connectivity index is 1.65. The normalized spacial score (nSPS) is 10.4. The fraction of sp³-hybridized carbons (Fsp3) is 0.143. The van der Waals surface area contributed by atoms with Crippen LogP contribution in [-0.2, 0) is 13.2 Å². The molecule has 1 N–H and O–H groups in total. The molecular weight excluding hydrogens is 414 g/mol. The van der Waals surface area contributed by atoms with E-state index in [-0.39, 0.29) is 0 Å². The highest BCUT2D eigenvalue weighted by atomic mass is 79.9. The van der Waals surface area contributed by atoms with Gasteiger partial charge < -0.3 is 14.8 Å². The molecule has 0 aliphatic carbocycles. The molecule has 3 rings (SSSR count). The van der Waals surface area contributed by atoms with Gasteiger partial charge in [0.15, 0.2) is 11.5 Å². The number of anilines is 1. The number of methoxy groups -OCH3 is 1. The van der Waals surface area contributed by atoms with Gasteiger partial charge in [-0.2, -0.15) is 0 Å². The largest absolute Gasteiger partial charge is 0.493 e. The smallest absolute Gasteiger partial charge is 0.161 e. The van der Waals surface area contributed by atoms with E-state index in [4.69, 9.17) is 21.1 Å². The summed E-state index contributed by atoms with van der Waals surface area (Å²) in [6.45, 7) is 1.17. The molecule has 0 fully saturated rings. The first-order chi connectivity index (χ1) is 12.7. The fourth-order valence-corrected chi connectivity index (χ4v) is 2.91. The lowest BCUT2D eigenvalue weighted by Crippen LogP contribution is -2.02. The maximum absolute atomic E-state index is 6.13. The molecule has 3 nitrogen and oxygen atoms in total. The maximum atomic E-state index is 6.13. The molecule has 0 aromatic heterocycles. The van der Waals surface area contributed by atoms with E-state index in [0.29, 0.717) is 23.9 Å². The average Bonchev–Trinajstić information content (AvgIpc) is 2.68. The Labute approximate surface area is 167 Å². The highest BCUT2D eigenvalue weighted by Crippen LogP contribution is 2.30. The van der Waals surface area contributed by atoms with Gasteiger partial charge in [-0.25, -0.2) is 0 Å². The second-order valence-corrected chi connectivity index (χ2v) is 7.00. The number of halogens is 2. The van der Waals surface area contributed by atoms with E-state index < -0.39 is 0 Å². The summed E-state index contributed by atoms with van der Waals surface area (Å²) < 4.78 is 12.3. The van der Waals surface area contributed by atoms with Crippen LogP contribution in [0.4, 0.5) is 5.69 Å². The summed E-state index contributed by atoms with van der Waals surface area (Å²) in [6.07, 6.45) is 0. The van der Waals surface area contributed by atoms with Crippen molar-refractivity contribution >= 4 is 33.2 Å². The van der Waals surface area contributed by atoms with Crippen LogP contribution < -0.4 is 14.8 Å². The van der Waals surface area contributed by atoms with Gasteiger partial charge in [-0.05, 0) is 57.4 Å². The number of benzene rings is 3. The molecule has 0 amide bonds. The Morgan fingerprint density at radius 3 is 2.46 bits per heavy atom. The van der Waals surface area contributed by atoms with Crippen molar-refractivity contribution in [1.29, 1.82) is 0 Å². The molecule has 0 aliphatic rings. The number of ether oxygens (including phenoxy) is 2. The third-order valence-electron chi connectivity index (χ3n) is 3.88. The first kappa shape index (κ1) is 18.6. The predicted molar refractivity (Wildman–Crippen MR) is 110 cm³/mol. The Morgan fingerprint density at radius 1 is 0.923 bits per heavy atom. The Bertz CT molecular complexity index is 871. The fourth-order valence-electron chi connectivity index (χ4n) is 2.49. The van der Waals surface area contributed by atoms with E-state index in [1.54, 1.807) is 7.11 Å². The van der Waals surface area contributed by atoms with Crippen LogP contribution in [0.25, 0.3) is 0 Å². The SMILES string of the molecule is COc1cc(CNc2ccc(Br)c(Cl)c2)ccc1OCc1ccccc1. The van der Waals surface area contributed by atoms with Crippen molar-refractivity contribution in [2.45, 2.75) is 13.2 Å². The number of nitrogens with one attached hydrogen (secondary N) is 1. The minimum absolute atomic E-state index is 0.506. The van der Waals surface area contributed by atoms with Crippen LogP contribution in [0, 0.1) is 0 Å². The first-order valence-corrected chi connectivity index (χ1v) is 9.35. The minimum atomic E-state index is 0.506. The molecule has 26 heavy (non-hydrogen) atoms. The van der Waals surface area contributed by atoms with Crippen LogP contribution >= 0.6 is 27.5 Å². The van der Waals surface area contributed by atoms with Gasteiger partial charge in [0.1, 0.15) is 6.61 Å². The summed E-state index contributed by atoms with van der Waals surface area (Å²) in [7, 11) is 1.65. The van der Waals surface area contributed by atoms with Crippen molar-refractivity contribution in [2.24, 2.45) is 0 Å². The maximum Gasteiger partial charge on any atom is 0.161 e. The molecule has 0 saturated carbocycles. The van der Waals surface area contributed by atoms with E-state index in [9.17, 15) is 0 Å². The topological polar surface area (TPSA) is 30.5 Å². The van der Waals surface area contributed by atoms with Crippen molar-refractivity contribution in [1.82, 2.24) is 0 Å². The van der Waals surface area contributed by atoms with Gasteiger partial charge in [-0.3, -0.25) is 0 Å². The number of hydrogen-bond acceptors (Lipinski definition) is 3. The molecule has 0 radical (unpaired) electrons. The van der Waals surface area contributed by atoms with E-state index in [1.807, 2.05) is 66.7 Å². The Hall–Kier alpha value is -2.17. The molecule has 0 unspecified atom stereocenters. The van der Waals surface area contributed by atoms with Crippen molar-refractivity contribution in [3.63, 3.8) is 0 Å². The van der Waals surface area contributed by atoms with E-state index >= 15 is 0 Å². The summed E-state index contributed by atoms with van der Waals surface area (Å²) in [4.78, 5) is 0. The van der Waals surface area contributed by atoms with Crippen molar-refractivity contribution in [3.05, 3.63) is 87.4 Å². The van der Waals surface area contributed by atoms with E-state index in [2.05, 4.69) is 21.2 Å². The number of rotatable bonds is 7. The standard InChI is InChI=1S/C21H19BrClNO2/c1-25-21-11-16(13-24-17-8-9-18(22)19(23)12-17)7-10-20(21)26-14-15-5-3-2-4-6-15/h2-12,24H,13-14H2,1H3. The summed E-state index contributed by atoms with van der Waals surface area (Å²) in [5.41, 5.74) is 3.17. The zero-order valence-corrected chi connectivity index (χ0v) is 16.7. The lowest BCUT2D eigenvalue weighted by atomic mass is 10.2. The van der Waals surface area contributed by atoms with Crippen LogP contribution in [0.2, 0.25) is 5.02 Å². The van der Waals surface area contributed by atoms with Crippen molar-refractivity contribution in [3.8, 4) is 11.5 Å². The zero-order valence-electron chi connectivity index (χ0n) is 14.3. The van der Waals surface area contributed by atoms with Gasteiger partial charge in [0.2, 0.25) is 0 Å². The molecule has 0 spiro atoms. The van der Waals surface area contributed by atoms with Gasteiger partial charge in [-0.1, -0.05) is 48.0 Å². The van der Waals surface area contributed by atoms with Crippen LogP contribution in [0.5, 0.6) is 11.5 Å². The molecule has 3 aromatic rings. The van der Waals surface area contributed by atoms with E-state index in [0.717, 1.165) is 27.0 Å². The van der Waals surface area contributed by atoms with Crippen molar-refractivity contribution < 1.29 is 9.47 Å². The van der Waals surface area contributed by atoms with Gasteiger partial charge in [0.25, 0.3) is 0 Å². The van der Waals surface area contributed by atoms with Gasteiger partial charge in [-0.15, -0.1) is 0 Å². The first-order valence-electron chi connectivity index (χ1n) is 8.18. The van der Waals surface area contributed by atoms with E-state index in [1.165, 1.54) is 0 Å².